The fourth-order valence-corrected chi connectivity index (χ4v) is 5.92. The molecule has 4 rings (SSSR count). The van der Waals surface area contributed by atoms with Crippen LogP contribution in [-0.4, -0.2) is 77.4 Å². The number of fused-ring (bicyclic) bond motifs is 1. The number of carbonyl (C=O) groups excluding carboxylic acids is 3. The van der Waals surface area contributed by atoms with Crippen LogP contribution in [0.5, 0.6) is 0 Å². The summed E-state index contributed by atoms with van der Waals surface area (Å²) < 4.78 is 20.5. The van der Waals surface area contributed by atoms with Crippen LogP contribution in [0.4, 0.5) is 0 Å². The van der Waals surface area contributed by atoms with Crippen LogP contribution in [0.3, 0.4) is 0 Å². The van der Waals surface area contributed by atoms with E-state index in [1.165, 1.54) is 12.6 Å². The average Bonchev–Trinajstić information content (AvgIpc) is 3.32. The molecule has 3 atom stereocenters. The maximum atomic E-state index is 13.2. The third kappa shape index (κ3) is 9.60. The molecule has 4 N–H and O–H groups in total. The minimum atomic E-state index is -0.680. The van der Waals surface area contributed by atoms with Crippen LogP contribution in [0.15, 0.2) is 47.3 Å². The Bertz CT molecular complexity index is 1560. The molecular weight excluding hydrogens is 602 g/mol. The summed E-state index contributed by atoms with van der Waals surface area (Å²) in [6.07, 6.45) is 4.48. The molecule has 1 aromatic heterocycles. The summed E-state index contributed by atoms with van der Waals surface area (Å²) >= 11 is 0. The molecule has 12 nitrogen and oxygen atoms in total. The molecular formula is C35H49N5O7. The lowest BCUT2D eigenvalue weighted by atomic mass is 10.0. The molecule has 1 saturated heterocycles. The number of nitrogens with two attached hydrogens (primary N) is 2. The fourth-order valence-electron chi connectivity index (χ4n) is 5.92. The SMILES string of the molecule is C[C@@H](OCc1ccc(CCCOCCOCCCc2cccc3c2n(C)c(=O)n3C2CCC(=O)N(C)C2=O)cc1)[C@@H](N)CCC(N)=O. The van der Waals surface area contributed by atoms with Gasteiger partial charge in [-0.3, -0.25) is 28.4 Å². The smallest absolute Gasteiger partial charge is 0.329 e. The van der Waals surface area contributed by atoms with E-state index in [0.29, 0.717) is 51.4 Å². The van der Waals surface area contributed by atoms with Crippen LogP contribution in [0, 0.1) is 0 Å². The van der Waals surface area contributed by atoms with Gasteiger partial charge in [-0.15, -0.1) is 0 Å². The number of carbonyl (C=O) groups is 3. The van der Waals surface area contributed by atoms with Crippen molar-refractivity contribution in [3.05, 3.63) is 69.6 Å². The van der Waals surface area contributed by atoms with E-state index in [0.717, 1.165) is 47.2 Å². The number of rotatable bonds is 19. The largest absolute Gasteiger partial charge is 0.379 e. The number of nitrogens with zero attached hydrogens (tertiary/aromatic N) is 3. The molecule has 0 radical (unpaired) electrons. The van der Waals surface area contributed by atoms with Gasteiger partial charge in [0.1, 0.15) is 6.04 Å². The van der Waals surface area contributed by atoms with E-state index in [9.17, 15) is 19.2 Å². The first-order chi connectivity index (χ1) is 22.6. The molecule has 1 aliphatic heterocycles. The number of piperidine rings is 1. The van der Waals surface area contributed by atoms with Crippen LogP contribution in [0.2, 0.25) is 0 Å². The molecule has 47 heavy (non-hydrogen) atoms. The number of aromatic nitrogens is 2. The van der Waals surface area contributed by atoms with Crippen LogP contribution >= 0.6 is 0 Å². The predicted molar refractivity (Wildman–Crippen MR) is 179 cm³/mol. The number of hydrogen-bond donors (Lipinski definition) is 2. The molecule has 0 saturated carbocycles. The zero-order valence-corrected chi connectivity index (χ0v) is 27.8. The first kappa shape index (κ1) is 36.0. The van der Waals surface area contributed by atoms with Gasteiger partial charge in [0.05, 0.1) is 37.0 Å². The van der Waals surface area contributed by atoms with Crippen LogP contribution in [0.1, 0.15) is 68.2 Å². The van der Waals surface area contributed by atoms with E-state index in [4.69, 9.17) is 25.7 Å². The molecule has 0 bridgehead atoms. The Hall–Kier alpha value is -3.84. The Kier molecular flexibility index (Phi) is 13.3. The third-order valence-electron chi connectivity index (χ3n) is 8.84. The van der Waals surface area contributed by atoms with Gasteiger partial charge >= 0.3 is 5.69 Å². The molecule has 0 aliphatic carbocycles. The molecule has 2 heterocycles. The van der Waals surface area contributed by atoms with E-state index in [2.05, 4.69) is 24.3 Å². The molecule has 12 heteroatoms. The van der Waals surface area contributed by atoms with Gasteiger partial charge in [0, 0.05) is 46.2 Å². The highest BCUT2D eigenvalue weighted by Gasteiger charge is 2.35. The topological polar surface area (TPSA) is 161 Å². The number of imide groups is 1. The first-order valence-electron chi connectivity index (χ1n) is 16.5. The summed E-state index contributed by atoms with van der Waals surface area (Å²) in [5, 5.41) is 0. The van der Waals surface area contributed by atoms with Crippen molar-refractivity contribution < 1.29 is 28.6 Å². The minimum Gasteiger partial charge on any atom is -0.379 e. The zero-order valence-electron chi connectivity index (χ0n) is 27.8. The van der Waals surface area contributed by atoms with Crippen molar-refractivity contribution >= 4 is 28.8 Å². The van der Waals surface area contributed by atoms with Crippen molar-refractivity contribution in [2.24, 2.45) is 18.5 Å². The molecule has 1 aliphatic rings. The fraction of sp³-hybridized carbons (Fsp3) is 0.543. The van der Waals surface area contributed by atoms with Crippen molar-refractivity contribution in [1.82, 2.24) is 14.0 Å². The molecule has 3 amide bonds. The third-order valence-corrected chi connectivity index (χ3v) is 8.84. The average molecular weight is 652 g/mol. The summed E-state index contributed by atoms with van der Waals surface area (Å²) in [4.78, 5) is 50.1. The Balaban J connectivity index is 1.11. The normalized spacial score (nSPS) is 16.6. The van der Waals surface area contributed by atoms with Gasteiger partial charge in [0.15, 0.2) is 0 Å². The summed E-state index contributed by atoms with van der Waals surface area (Å²) in [5.41, 5.74) is 15.8. The maximum absolute atomic E-state index is 13.2. The maximum Gasteiger partial charge on any atom is 0.329 e. The number of imidazole rings is 1. The lowest BCUT2D eigenvalue weighted by Gasteiger charge is -2.28. The van der Waals surface area contributed by atoms with Gasteiger partial charge in [-0.05, 0) is 68.2 Å². The van der Waals surface area contributed by atoms with Crippen molar-refractivity contribution in [3.8, 4) is 0 Å². The summed E-state index contributed by atoms with van der Waals surface area (Å²) in [5.74, 6) is -0.918. The number of benzene rings is 2. The molecule has 0 spiro atoms. The molecule has 1 fully saturated rings. The predicted octanol–water partition coefficient (Wildman–Crippen LogP) is 2.76. The lowest BCUT2D eigenvalue weighted by molar-refractivity contribution is -0.149. The van der Waals surface area contributed by atoms with Crippen molar-refractivity contribution in [1.29, 1.82) is 0 Å². The summed E-state index contributed by atoms with van der Waals surface area (Å²) in [7, 11) is 3.20. The summed E-state index contributed by atoms with van der Waals surface area (Å²) in [6.45, 7) is 4.61. The van der Waals surface area contributed by atoms with E-state index in [1.54, 1.807) is 16.2 Å². The Morgan fingerprint density at radius 2 is 1.60 bits per heavy atom. The standard InChI is InChI=1S/C35H49N5O7/c1-24(28(36)15-17-31(37)41)47-23-26-13-11-25(12-14-26)7-5-19-45-21-22-46-20-6-9-27-8-4-10-29-33(27)39(3)35(44)40(29)30-16-18-32(42)38(2)34(30)43/h4,8,10-14,24,28,30H,5-7,9,15-23,36H2,1-3H3,(H2,37,41)/t24-,28+,30?/m1/s1. The highest BCUT2D eigenvalue weighted by Crippen LogP contribution is 2.27. The van der Waals surface area contributed by atoms with Crippen LogP contribution in [0.25, 0.3) is 11.0 Å². The van der Waals surface area contributed by atoms with Gasteiger partial charge in [0.2, 0.25) is 11.8 Å². The van der Waals surface area contributed by atoms with Crippen LogP contribution < -0.4 is 17.2 Å². The van der Waals surface area contributed by atoms with Gasteiger partial charge in [-0.1, -0.05) is 36.4 Å². The Morgan fingerprint density at radius 3 is 2.28 bits per heavy atom. The molecule has 2 aromatic carbocycles. The number of likely N-dealkylation sites (tertiary alicyclic amines) is 1. The quantitative estimate of drug-likeness (QED) is 0.148. The van der Waals surface area contributed by atoms with E-state index < -0.39 is 6.04 Å². The first-order valence-corrected chi connectivity index (χ1v) is 16.5. The van der Waals surface area contributed by atoms with Crippen molar-refractivity contribution in [2.75, 3.05) is 33.5 Å². The number of likely N-dealkylation sites (N-methyl/N-ethyl adjacent to an activating group) is 1. The second-order valence-corrected chi connectivity index (χ2v) is 12.3. The lowest BCUT2D eigenvalue weighted by Crippen LogP contribution is -2.45. The number of primary amides is 1. The van der Waals surface area contributed by atoms with E-state index in [1.807, 2.05) is 25.1 Å². The van der Waals surface area contributed by atoms with Gasteiger partial charge in [0.25, 0.3) is 5.91 Å². The van der Waals surface area contributed by atoms with Gasteiger partial charge < -0.3 is 25.7 Å². The zero-order chi connectivity index (χ0) is 33.9. The number of aryl methyl sites for hydroxylation is 3. The van der Waals surface area contributed by atoms with Gasteiger partial charge in [-0.2, -0.15) is 0 Å². The Labute approximate surface area is 275 Å². The number of amides is 3. The number of ether oxygens (including phenoxy) is 3. The molecule has 256 valence electrons. The second kappa shape index (κ2) is 17.4. The summed E-state index contributed by atoms with van der Waals surface area (Å²) in [6, 6.07) is 13.2. The van der Waals surface area contributed by atoms with Crippen LogP contribution in [-0.2, 0) is 55.1 Å². The number of para-hydroxylation sites is 1. The van der Waals surface area contributed by atoms with E-state index >= 15 is 0 Å². The number of hydrogen-bond acceptors (Lipinski definition) is 8. The second-order valence-electron chi connectivity index (χ2n) is 12.3. The Morgan fingerprint density at radius 1 is 0.936 bits per heavy atom. The highest BCUT2D eigenvalue weighted by molar-refractivity contribution is 6.00. The van der Waals surface area contributed by atoms with Crippen molar-refractivity contribution in [3.63, 3.8) is 0 Å². The minimum absolute atomic E-state index is 0.168. The highest BCUT2D eigenvalue weighted by atomic mass is 16.5. The molecule has 1 unspecified atom stereocenters. The van der Waals surface area contributed by atoms with Gasteiger partial charge in [-0.25, -0.2) is 4.79 Å². The molecule has 3 aromatic rings. The monoisotopic (exact) mass is 651 g/mol. The van der Waals surface area contributed by atoms with Crippen molar-refractivity contribution in [2.45, 2.75) is 83.1 Å². The van der Waals surface area contributed by atoms with E-state index in [-0.39, 0.29) is 48.4 Å².